The first kappa shape index (κ1) is 20.3. The van der Waals surface area contributed by atoms with E-state index >= 15 is 0 Å². The standard InChI is InChI=1S/C23H23NO5/c1-24(2)16-8-7-9-17(14-16)29-22(26)12-5-6-13-28-21-15-20(25)23(27)19-11-4-3-10-18(19)21/h3-4,7-11,14-15H,5-6,12-13H2,1-2H3. The average molecular weight is 393 g/mol. The van der Waals surface area contributed by atoms with Gasteiger partial charge in [-0.2, -0.15) is 0 Å². The molecule has 1 aliphatic carbocycles. The first-order chi connectivity index (χ1) is 14.0. The second-order valence-electron chi connectivity index (χ2n) is 6.92. The van der Waals surface area contributed by atoms with E-state index < -0.39 is 11.6 Å². The number of rotatable bonds is 8. The van der Waals surface area contributed by atoms with E-state index in [2.05, 4.69) is 0 Å². The summed E-state index contributed by atoms with van der Waals surface area (Å²) in [5.41, 5.74) is 1.94. The number of hydrogen-bond acceptors (Lipinski definition) is 6. The van der Waals surface area contributed by atoms with Crippen molar-refractivity contribution in [3.8, 4) is 5.75 Å². The Morgan fingerprint density at radius 2 is 1.72 bits per heavy atom. The third kappa shape index (κ3) is 5.10. The number of anilines is 1. The van der Waals surface area contributed by atoms with Gasteiger partial charge in [0, 0.05) is 49.5 Å². The molecule has 0 N–H and O–H groups in total. The molecule has 29 heavy (non-hydrogen) atoms. The number of carbonyl (C=O) groups is 3. The van der Waals surface area contributed by atoms with Crippen LogP contribution in [0, 0.1) is 0 Å². The summed E-state index contributed by atoms with van der Waals surface area (Å²) >= 11 is 0. The molecule has 6 heteroatoms. The molecule has 150 valence electrons. The molecular formula is C23H23NO5. The molecule has 6 nitrogen and oxygen atoms in total. The molecule has 0 unspecified atom stereocenters. The van der Waals surface area contributed by atoms with Crippen LogP contribution in [-0.2, 0) is 14.3 Å². The van der Waals surface area contributed by atoms with Gasteiger partial charge in [0.05, 0.1) is 6.61 Å². The average Bonchev–Trinajstić information content (AvgIpc) is 2.71. The van der Waals surface area contributed by atoms with Gasteiger partial charge in [-0.3, -0.25) is 14.4 Å². The number of unbranched alkanes of at least 4 members (excludes halogenated alkanes) is 1. The first-order valence-electron chi connectivity index (χ1n) is 9.46. The highest BCUT2D eigenvalue weighted by atomic mass is 16.5. The Bertz CT molecular complexity index is 961. The lowest BCUT2D eigenvalue weighted by atomic mass is 9.94. The zero-order chi connectivity index (χ0) is 20.8. The van der Waals surface area contributed by atoms with Crippen molar-refractivity contribution in [1.82, 2.24) is 0 Å². The molecule has 0 amide bonds. The van der Waals surface area contributed by atoms with Crippen molar-refractivity contribution in [1.29, 1.82) is 0 Å². The molecule has 0 atom stereocenters. The van der Waals surface area contributed by atoms with E-state index in [1.807, 2.05) is 37.2 Å². The summed E-state index contributed by atoms with van der Waals surface area (Å²) < 4.78 is 11.1. The molecule has 0 radical (unpaired) electrons. The molecule has 3 rings (SSSR count). The molecule has 0 aliphatic heterocycles. The summed E-state index contributed by atoms with van der Waals surface area (Å²) in [5.74, 6) is -0.488. The van der Waals surface area contributed by atoms with E-state index in [1.165, 1.54) is 6.08 Å². The van der Waals surface area contributed by atoms with Crippen LogP contribution >= 0.6 is 0 Å². The highest BCUT2D eigenvalue weighted by molar-refractivity contribution is 6.50. The molecule has 0 fully saturated rings. The van der Waals surface area contributed by atoms with Gasteiger partial charge in [0.1, 0.15) is 11.5 Å². The highest BCUT2D eigenvalue weighted by Crippen LogP contribution is 2.26. The topological polar surface area (TPSA) is 72.9 Å². The second-order valence-corrected chi connectivity index (χ2v) is 6.92. The van der Waals surface area contributed by atoms with Gasteiger partial charge in [-0.1, -0.05) is 30.3 Å². The fraction of sp³-hybridized carbons (Fsp3) is 0.261. The molecule has 2 aromatic rings. The maximum Gasteiger partial charge on any atom is 0.311 e. The Kier molecular flexibility index (Phi) is 6.44. The van der Waals surface area contributed by atoms with Gasteiger partial charge in [-0.05, 0) is 25.0 Å². The maximum absolute atomic E-state index is 12.0. The number of ketones is 2. The van der Waals surface area contributed by atoms with Crippen molar-refractivity contribution in [2.24, 2.45) is 0 Å². The number of esters is 1. The van der Waals surface area contributed by atoms with Crippen LogP contribution in [0.3, 0.4) is 0 Å². The Balaban J connectivity index is 1.45. The Labute approximate surface area is 169 Å². The molecule has 0 bridgehead atoms. The largest absolute Gasteiger partial charge is 0.493 e. The van der Waals surface area contributed by atoms with Crippen LogP contribution in [0.25, 0.3) is 5.76 Å². The van der Waals surface area contributed by atoms with Gasteiger partial charge in [0.15, 0.2) is 0 Å². The normalized spacial score (nSPS) is 12.8. The van der Waals surface area contributed by atoms with Crippen molar-refractivity contribution in [3.63, 3.8) is 0 Å². The summed E-state index contributed by atoms with van der Waals surface area (Å²) in [5, 5.41) is 0. The number of benzene rings is 2. The van der Waals surface area contributed by atoms with Gasteiger partial charge in [0.2, 0.25) is 11.6 Å². The Morgan fingerprint density at radius 1 is 0.966 bits per heavy atom. The number of ether oxygens (including phenoxy) is 2. The van der Waals surface area contributed by atoms with E-state index in [0.29, 0.717) is 42.1 Å². The van der Waals surface area contributed by atoms with E-state index in [1.54, 1.807) is 30.3 Å². The number of Topliss-reactive ketones (excluding diaryl/α,β-unsaturated/α-hetero) is 1. The van der Waals surface area contributed by atoms with Crippen LogP contribution in [0.1, 0.15) is 35.2 Å². The number of fused-ring (bicyclic) bond motifs is 1. The molecule has 2 aromatic carbocycles. The fourth-order valence-corrected chi connectivity index (χ4v) is 2.97. The predicted molar refractivity (Wildman–Crippen MR) is 110 cm³/mol. The predicted octanol–water partition coefficient (Wildman–Crippen LogP) is 3.65. The summed E-state index contributed by atoms with van der Waals surface area (Å²) in [7, 11) is 3.84. The smallest absolute Gasteiger partial charge is 0.311 e. The lowest BCUT2D eigenvalue weighted by Crippen LogP contribution is -2.19. The SMILES string of the molecule is CN(C)c1cccc(OC(=O)CCCCOC2=CC(=O)C(=O)c3ccccc32)c1. The first-order valence-corrected chi connectivity index (χ1v) is 9.46. The summed E-state index contributed by atoms with van der Waals surface area (Å²) in [6.07, 6.45) is 2.71. The van der Waals surface area contributed by atoms with Crippen LogP contribution in [0.15, 0.2) is 54.6 Å². The van der Waals surface area contributed by atoms with Crippen LogP contribution in [-0.4, -0.2) is 38.2 Å². The van der Waals surface area contributed by atoms with Crippen molar-refractivity contribution >= 4 is 29.0 Å². The van der Waals surface area contributed by atoms with E-state index in [4.69, 9.17) is 9.47 Å². The van der Waals surface area contributed by atoms with Crippen LogP contribution < -0.4 is 9.64 Å². The second kappa shape index (κ2) is 9.19. The Hall–Kier alpha value is -3.41. The molecule has 0 spiro atoms. The summed E-state index contributed by atoms with van der Waals surface area (Å²) in [6, 6.07) is 14.2. The maximum atomic E-state index is 12.0. The number of allylic oxidation sites excluding steroid dienone is 1. The van der Waals surface area contributed by atoms with Crippen molar-refractivity contribution in [2.75, 3.05) is 25.6 Å². The van der Waals surface area contributed by atoms with Crippen LogP contribution in [0.5, 0.6) is 5.75 Å². The van der Waals surface area contributed by atoms with Crippen molar-refractivity contribution in [3.05, 3.63) is 65.7 Å². The minimum Gasteiger partial charge on any atom is -0.493 e. The van der Waals surface area contributed by atoms with Gasteiger partial charge in [-0.15, -0.1) is 0 Å². The lowest BCUT2D eigenvalue weighted by molar-refractivity contribution is -0.134. The zero-order valence-electron chi connectivity index (χ0n) is 16.5. The molecule has 0 aromatic heterocycles. The zero-order valence-corrected chi connectivity index (χ0v) is 16.5. The summed E-state index contributed by atoms with van der Waals surface area (Å²) in [4.78, 5) is 37.7. The van der Waals surface area contributed by atoms with Gasteiger partial charge >= 0.3 is 5.97 Å². The minimum atomic E-state index is -0.581. The highest BCUT2D eigenvalue weighted by Gasteiger charge is 2.26. The monoisotopic (exact) mass is 393 g/mol. The molecule has 0 heterocycles. The van der Waals surface area contributed by atoms with E-state index in [0.717, 1.165) is 5.69 Å². The molecule has 1 aliphatic rings. The van der Waals surface area contributed by atoms with Crippen LogP contribution in [0.2, 0.25) is 0 Å². The number of nitrogens with zero attached hydrogens (tertiary/aromatic N) is 1. The van der Waals surface area contributed by atoms with Crippen LogP contribution in [0.4, 0.5) is 5.69 Å². The van der Waals surface area contributed by atoms with Crippen molar-refractivity contribution in [2.45, 2.75) is 19.3 Å². The Morgan fingerprint density at radius 3 is 2.48 bits per heavy atom. The quantitative estimate of drug-likeness (QED) is 0.295. The van der Waals surface area contributed by atoms with Gasteiger partial charge in [-0.25, -0.2) is 0 Å². The molecule has 0 saturated heterocycles. The molecular weight excluding hydrogens is 370 g/mol. The fourth-order valence-electron chi connectivity index (χ4n) is 2.97. The van der Waals surface area contributed by atoms with Gasteiger partial charge < -0.3 is 14.4 Å². The van der Waals surface area contributed by atoms with E-state index in [-0.39, 0.29) is 12.4 Å². The summed E-state index contributed by atoms with van der Waals surface area (Å²) in [6.45, 7) is 0.338. The third-order valence-electron chi connectivity index (χ3n) is 4.52. The van der Waals surface area contributed by atoms with Gasteiger partial charge in [0.25, 0.3) is 0 Å². The number of carbonyl (C=O) groups excluding carboxylic acids is 3. The lowest BCUT2D eigenvalue weighted by Gasteiger charge is -2.16. The number of hydrogen-bond donors (Lipinski definition) is 0. The third-order valence-corrected chi connectivity index (χ3v) is 4.52. The minimum absolute atomic E-state index is 0.266. The van der Waals surface area contributed by atoms with Crippen molar-refractivity contribution < 1.29 is 23.9 Å². The molecule has 0 saturated carbocycles. The van der Waals surface area contributed by atoms with E-state index in [9.17, 15) is 14.4 Å².